The molecule has 1 saturated heterocycles. The lowest BCUT2D eigenvalue weighted by Crippen LogP contribution is -2.32. The Labute approximate surface area is 97.5 Å². The maximum absolute atomic E-state index is 11.4. The van der Waals surface area contributed by atoms with Crippen molar-refractivity contribution in [2.75, 3.05) is 7.11 Å². The first kappa shape index (κ1) is 11.9. The van der Waals surface area contributed by atoms with E-state index in [1.807, 2.05) is 0 Å². The fourth-order valence-corrected chi connectivity index (χ4v) is 2.92. The highest BCUT2D eigenvalue weighted by Crippen LogP contribution is 2.52. The van der Waals surface area contributed by atoms with Crippen LogP contribution in [0, 0.1) is 11.3 Å². The zero-order valence-electron chi connectivity index (χ0n) is 10.7. The monoisotopic (exact) mass is 226 g/mol. The van der Waals surface area contributed by atoms with E-state index in [9.17, 15) is 4.79 Å². The fourth-order valence-electron chi connectivity index (χ4n) is 2.92. The molecule has 1 saturated carbocycles. The number of ether oxygens (including phenoxy) is 2. The molecule has 0 unspecified atom stereocenters. The van der Waals surface area contributed by atoms with Gasteiger partial charge in [-0.25, -0.2) is 4.79 Å². The summed E-state index contributed by atoms with van der Waals surface area (Å²) in [5.41, 5.74) is 0.214. The molecule has 2 fully saturated rings. The average molecular weight is 226 g/mol. The highest BCUT2D eigenvalue weighted by Gasteiger charge is 2.62. The van der Waals surface area contributed by atoms with E-state index >= 15 is 0 Å². The zero-order chi connectivity index (χ0) is 12.0. The van der Waals surface area contributed by atoms with E-state index in [2.05, 4.69) is 20.8 Å². The Balaban J connectivity index is 1.90. The highest BCUT2D eigenvalue weighted by atomic mass is 16.7. The standard InChI is InChI=1S/C13H22O3/c1-12(2,3)9-5-7-13(8-6-9)10(16-13)11(14)15-4/h9-10H,5-8H2,1-4H3/t9?,10-,13?/m0/s1. The van der Waals surface area contributed by atoms with Crippen LogP contribution in [-0.2, 0) is 14.3 Å². The highest BCUT2D eigenvalue weighted by molar-refractivity contribution is 5.79. The van der Waals surface area contributed by atoms with Crippen LogP contribution in [0.1, 0.15) is 46.5 Å². The van der Waals surface area contributed by atoms with Gasteiger partial charge in [-0.1, -0.05) is 20.8 Å². The van der Waals surface area contributed by atoms with Crippen molar-refractivity contribution in [1.29, 1.82) is 0 Å². The first-order valence-corrected chi connectivity index (χ1v) is 6.15. The Hall–Kier alpha value is -0.570. The number of methoxy groups -OCH3 is 1. The topological polar surface area (TPSA) is 38.8 Å². The van der Waals surface area contributed by atoms with Crippen LogP contribution in [0.2, 0.25) is 0 Å². The fraction of sp³-hybridized carbons (Fsp3) is 0.923. The number of hydrogen-bond acceptors (Lipinski definition) is 3. The van der Waals surface area contributed by atoms with E-state index in [0.29, 0.717) is 5.41 Å². The second kappa shape index (κ2) is 3.73. The maximum Gasteiger partial charge on any atom is 0.338 e. The van der Waals surface area contributed by atoms with Gasteiger partial charge < -0.3 is 9.47 Å². The van der Waals surface area contributed by atoms with Gasteiger partial charge in [0.05, 0.1) is 7.11 Å². The van der Waals surface area contributed by atoms with Gasteiger partial charge in [0.1, 0.15) is 5.60 Å². The van der Waals surface area contributed by atoms with Crippen molar-refractivity contribution in [2.45, 2.75) is 58.2 Å². The minimum atomic E-state index is -0.279. The minimum Gasteiger partial charge on any atom is -0.467 e. The van der Waals surface area contributed by atoms with Crippen LogP contribution in [0.15, 0.2) is 0 Å². The van der Waals surface area contributed by atoms with E-state index in [1.54, 1.807) is 0 Å². The molecule has 2 aliphatic rings. The molecule has 92 valence electrons. The van der Waals surface area contributed by atoms with Gasteiger partial charge in [-0.3, -0.25) is 0 Å². The van der Waals surface area contributed by atoms with Gasteiger partial charge in [-0.05, 0) is 37.0 Å². The van der Waals surface area contributed by atoms with Crippen LogP contribution < -0.4 is 0 Å². The number of esters is 1. The summed E-state index contributed by atoms with van der Waals surface area (Å²) in [7, 11) is 1.43. The molecule has 0 bridgehead atoms. The molecule has 0 aromatic carbocycles. The average Bonchev–Trinajstić information content (AvgIpc) is 2.90. The summed E-state index contributed by atoms with van der Waals surface area (Å²) in [4.78, 5) is 11.4. The predicted octanol–water partition coefficient (Wildman–Crippen LogP) is 2.53. The SMILES string of the molecule is COC(=O)[C@@H]1OC12CCC(C(C)(C)C)CC2. The summed E-state index contributed by atoms with van der Waals surface area (Å²) >= 11 is 0. The number of rotatable bonds is 1. The molecule has 0 amide bonds. The van der Waals surface area contributed by atoms with Gasteiger partial charge >= 0.3 is 5.97 Å². The third-order valence-corrected chi connectivity index (χ3v) is 4.25. The number of carbonyl (C=O) groups is 1. The van der Waals surface area contributed by atoms with Crippen molar-refractivity contribution in [1.82, 2.24) is 0 Å². The van der Waals surface area contributed by atoms with E-state index in [0.717, 1.165) is 31.6 Å². The summed E-state index contributed by atoms with van der Waals surface area (Å²) in [5, 5.41) is 0. The largest absolute Gasteiger partial charge is 0.467 e. The third kappa shape index (κ3) is 1.97. The van der Waals surface area contributed by atoms with Crippen LogP contribution in [0.25, 0.3) is 0 Å². The van der Waals surface area contributed by atoms with Crippen LogP contribution >= 0.6 is 0 Å². The van der Waals surface area contributed by atoms with Gasteiger partial charge in [-0.15, -0.1) is 0 Å². The number of epoxide rings is 1. The van der Waals surface area contributed by atoms with Crippen molar-refractivity contribution in [2.24, 2.45) is 11.3 Å². The van der Waals surface area contributed by atoms with Gasteiger partial charge in [0.2, 0.25) is 0 Å². The lowest BCUT2D eigenvalue weighted by atomic mass is 9.69. The summed E-state index contributed by atoms with van der Waals surface area (Å²) in [5.74, 6) is 0.551. The third-order valence-electron chi connectivity index (χ3n) is 4.25. The molecular formula is C13H22O3. The minimum absolute atomic E-state index is 0.158. The van der Waals surface area contributed by atoms with Crippen molar-refractivity contribution >= 4 is 5.97 Å². The Morgan fingerprint density at radius 3 is 2.31 bits per heavy atom. The number of hydrogen-bond donors (Lipinski definition) is 0. The lowest BCUT2D eigenvalue weighted by molar-refractivity contribution is -0.142. The van der Waals surface area contributed by atoms with E-state index in [-0.39, 0.29) is 17.7 Å². The van der Waals surface area contributed by atoms with Gasteiger partial charge in [0, 0.05) is 0 Å². The molecule has 1 aliphatic heterocycles. The summed E-state index contributed by atoms with van der Waals surface area (Å²) in [6, 6.07) is 0. The van der Waals surface area contributed by atoms with Gasteiger partial charge in [-0.2, -0.15) is 0 Å². The van der Waals surface area contributed by atoms with Crippen molar-refractivity contribution in [3.8, 4) is 0 Å². The van der Waals surface area contributed by atoms with Crippen molar-refractivity contribution in [3.05, 3.63) is 0 Å². The first-order chi connectivity index (χ1) is 7.39. The molecule has 0 aromatic heterocycles. The number of carbonyl (C=O) groups excluding carboxylic acids is 1. The summed E-state index contributed by atoms with van der Waals surface area (Å²) in [6.07, 6.45) is 4.07. The van der Waals surface area contributed by atoms with E-state index in [4.69, 9.17) is 9.47 Å². The molecule has 16 heavy (non-hydrogen) atoms. The van der Waals surface area contributed by atoms with Gasteiger partial charge in [0.15, 0.2) is 6.10 Å². The molecule has 2 rings (SSSR count). The molecule has 0 radical (unpaired) electrons. The van der Waals surface area contributed by atoms with E-state index in [1.165, 1.54) is 7.11 Å². The molecular weight excluding hydrogens is 204 g/mol. The normalized spacial score (nSPS) is 38.5. The maximum atomic E-state index is 11.4. The molecule has 1 aliphatic carbocycles. The Bertz CT molecular complexity index is 282. The summed E-state index contributed by atoms with van der Waals surface area (Å²) < 4.78 is 10.3. The quantitative estimate of drug-likeness (QED) is 0.509. The zero-order valence-corrected chi connectivity index (χ0v) is 10.7. The molecule has 1 spiro atoms. The molecule has 0 aromatic rings. The second-order valence-corrected chi connectivity index (χ2v) is 6.23. The molecule has 1 heterocycles. The molecule has 1 atom stereocenters. The smallest absolute Gasteiger partial charge is 0.338 e. The molecule has 3 heteroatoms. The van der Waals surface area contributed by atoms with Crippen LogP contribution in [0.3, 0.4) is 0 Å². The van der Waals surface area contributed by atoms with Crippen molar-refractivity contribution in [3.63, 3.8) is 0 Å². The van der Waals surface area contributed by atoms with Crippen molar-refractivity contribution < 1.29 is 14.3 Å². The molecule has 0 N–H and O–H groups in total. The van der Waals surface area contributed by atoms with E-state index < -0.39 is 0 Å². The lowest BCUT2D eigenvalue weighted by Gasteiger charge is -2.36. The Morgan fingerprint density at radius 2 is 1.88 bits per heavy atom. The second-order valence-electron chi connectivity index (χ2n) is 6.23. The molecule has 3 nitrogen and oxygen atoms in total. The first-order valence-electron chi connectivity index (χ1n) is 6.15. The Kier molecular flexibility index (Phi) is 2.77. The van der Waals surface area contributed by atoms with Crippen LogP contribution in [-0.4, -0.2) is 24.8 Å². The predicted molar refractivity (Wildman–Crippen MR) is 61.0 cm³/mol. The summed E-state index contributed by atoms with van der Waals surface area (Å²) in [6.45, 7) is 6.88. The van der Waals surface area contributed by atoms with Crippen LogP contribution in [0.5, 0.6) is 0 Å². The Morgan fingerprint density at radius 1 is 1.31 bits per heavy atom. The van der Waals surface area contributed by atoms with Crippen LogP contribution in [0.4, 0.5) is 0 Å². The van der Waals surface area contributed by atoms with Gasteiger partial charge in [0.25, 0.3) is 0 Å².